The van der Waals surface area contributed by atoms with Crippen LogP contribution in [0.4, 0.5) is 0 Å². The highest BCUT2D eigenvalue weighted by molar-refractivity contribution is 8.00. The van der Waals surface area contributed by atoms with Gasteiger partial charge in [-0.3, -0.25) is 9.59 Å². The fraction of sp³-hybridized carbons (Fsp3) is 0.818. The third-order valence-electron chi connectivity index (χ3n) is 3.17. The molecule has 2 aliphatic rings. The number of fused-ring (bicyclic) bond motifs is 1. The van der Waals surface area contributed by atoms with Gasteiger partial charge in [0, 0.05) is 12.3 Å². The Kier molecular flexibility index (Phi) is 3.27. The summed E-state index contributed by atoms with van der Waals surface area (Å²) in [4.78, 5) is 25.6. The molecule has 2 unspecified atom stereocenters. The molecule has 18 heavy (non-hydrogen) atoms. The number of carbonyl (C=O) groups is 2. The molecule has 2 aliphatic heterocycles. The maximum absolute atomic E-state index is 12.2. The second-order valence-corrected chi connectivity index (χ2v) is 11.8. The summed E-state index contributed by atoms with van der Waals surface area (Å²) < 4.78 is 5.57. The minimum Gasteiger partial charge on any atom is -0.519 e. The molecule has 0 aromatic carbocycles. The molecule has 2 rings (SSSR count). The lowest BCUT2D eigenvalue weighted by molar-refractivity contribution is -0.154. The predicted molar refractivity (Wildman–Crippen MR) is 73.5 cm³/mol. The Bertz CT molecular complexity index is 398. The number of carbonyl (C=O) groups excluding carboxylic acids is 2. The number of rotatable bonds is 2. The lowest BCUT2D eigenvalue weighted by Gasteiger charge is -2.52. The van der Waals surface area contributed by atoms with Crippen molar-refractivity contribution in [3.05, 3.63) is 0 Å². The quantitative estimate of drug-likeness (QED) is 0.595. The average molecular weight is 288 g/mol. The van der Waals surface area contributed by atoms with Gasteiger partial charge in [0.2, 0.25) is 14.2 Å². The first-order chi connectivity index (χ1) is 8.14. The van der Waals surface area contributed by atoms with Gasteiger partial charge in [-0.25, -0.2) is 0 Å². The standard InChI is InChI=1S/C11H20N2O3SSi/c1-11(10(15)16-18(2,3)4)5-13-8(14)7(12)9(13)17-6-11/h7,9H,5-6,12H2,1-4H3/t7?,9-,11?/m1/s1. The van der Waals surface area contributed by atoms with Crippen molar-refractivity contribution in [3.63, 3.8) is 0 Å². The van der Waals surface area contributed by atoms with Crippen LogP contribution >= 0.6 is 11.8 Å². The van der Waals surface area contributed by atoms with E-state index in [1.807, 2.05) is 26.6 Å². The van der Waals surface area contributed by atoms with Crippen LogP contribution in [0.25, 0.3) is 0 Å². The van der Waals surface area contributed by atoms with Crippen LogP contribution in [0.3, 0.4) is 0 Å². The molecule has 2 N–H and O–H groups in total. The number of β-lactam (4-membered cyclic amide) rings is 1. The Morgan fingerprint density at radius 1 is 1.56 bits per heavy atom. The van der Waals surface area contributed by atoms with E-state index in [1.165, 1.54) is 0 Å². The Hall–Kier alpha value is -0.533. The number of hydrogen-bond donors (Lipinski definition) is 1. The van der Waals surface area contributed by atoms with Gasteiger partial charge >= 0.3 is 5.97 Å². The molecule has 1 amide bonds. The lowest BCUT2D eigenvalue weighted by Crippen LogP contribution is -2.71. The van der Waals surface area contributed by atoms with Crippen molar-refractivity contribution in [2.24, 2.45) is 11.1 Å². The van der Waals surface area contributed by atoms with E-state index in [0.717, 1.165) is 0 Å². The van der Waals surface area contributed by atoms with Gasteiger partial charge in [0.25, 0.3) is 0 Å². The van der Waals surface area contributed by atoms with E-state index in [4.69, 9.17) is 10.2 Å². The molecule has 102 valence electrons. The Balaban J connectivity index is 2.05. The molecule has 2 fully saturated rings. The maximum Gasteiger partial charge on any atom is 0.301 e. The highest BCUT2D eigenvalue weighted by Gasteiger charge is 2.54. The predicted octanol–water partition coefficient (Wildman–Crippen LogP) is 0.613. The van der Waals surface area contributed by atoms with Crippen molar-refractivity contribution in [1.82, 2.24) is 4.90 Å². The average Bonchev–Trinajstić information content (AvgIpc) is 2.25. The zero-order valence-corrected chi connectivity index (χ0v) is 13.0. The highest BCUT2D eigenvalue weighted by Crippen LogP contribution is 2.41. The van der Waals surface area contributed by atoms with Gasteiger partial charge < -0.3 is 15.1 Å². The smallest absolute Gasteiger partial charge is 0.301 e. The van der Waals surface area contributed by atoms with E-state index in [9.17, 15) is 9.59 Å². The van der Waals surface area contributed by atoms with Crippen LogP contribution in [-0.4, -0.2) is 48.8 Å². The van der Waals surface area contributed by atoms with E-state index >= 15 is 0 Å². The lowest BCUT2D eigenvalue weighted by atomic mass is 9.90. The van der Waals surface area contributed by atoms with Crippen LogP contribution < -0.4 is 5.73 Å². The minimum absolute atomic E-state index is 0.0465. The van der Waals surface area contributed by atoms with E-state index < -0.39 is 19.8 Å². The van der Waals surface area contributed by atoms with Crippen LogP contribution in [0.5, 0.6) is 0 Å². The summed E-state index contributed by atoms with van der Waals surface area (Å²) in [6, 6.07) is -0.396. The third-order valence-corrected chi connectivity index (χ3v) is 5.66. The van der Waals surface area contributed by atoms with E-state index in [0.29, 0.717) is 12.3 Å². The molecule has 7 heteroatoms. The second-order valence-electron chi connectivity index (χ2n) is 6.26. The summed E-state index contributed by atoms with van der Waals surface area (Å²) in [6.07, 6.45) is 0. The minimum atomic E-state index is -1.89. The molecule has 5 nitrogen and oxygen atoms in total. The number of hydrogen-bond acceptors (Lipinski definition) is 5. The molecular formula is C11H20N2O3SSi. The van der Waals surface area contributed by atoms with Gasteiger partial charge in [0.15, 0.2) is 0 Å². The van der Waals surface area contributed by atoms with Crippen molar-refractivity contribution < 1.29 is 14.0 Å². The number of nitrogens with two attached hydrogens (primary N) is 1. The van der Waals surface area contributed by atoms with Crippen molar-refractivity contribution in [2.75, 3.05) is 12.3 Å². The van der Waals surface area contributed by atoms with Crippen LogP contribution in [0.15, 0.2) is 0 Å². The summed E-state index contributed by atoms with van der Waals surface area (Å²) in [5.74, 6) is 0.429. The Labute approximate surface area is 113 Å². The Morgan fingerprint density at radius 3 is 2.72 bits per heavy atom. The zero-order chi connectivity index (χ0) is 13.7. The number of amides is 1. The molecule has 0 spiro atoms. The largest absolute Gasteiger partial charge is 0.519 e. The van der Waals surface area contributed by atoms with Crippen molar-refractivity contribution in [1.29, 1.82) is 0 Å². The fourth-order valence-corrected chi connectivity index (χ4v) is 4.36. The zero-order valence-electron chi connectivity index (χ0n) is 11.2. The second kappa shape index (κ2) is 4.24. The van der Waals surface area contributed by atoms with Gasteiger partial charge in [-0.2, -0.15) is 0 Å². The van der Waals surface area contributed by atoms with Gasteiger partial charge in [-0.05, 0) is 26.6 Å². The monoisotopic (exact) mass is 288 g/mol. The highest BCUT2D eigenvalue weighted by atomic mass is 32.2. The van der Waals surface area contributed by atoms with Crippen molar-refractivity contribution in [3.8, 4) is 0 Å². The molecule has 0 bridgehead atoms. The van der Waals surface area contributed by atoms with Gasteiger partial charge in [0.1, 0.15) is 11.4 Å². The first kappa shape index (κ1) is 13.9. The fourth-order valence-electron chi connectivity index (χ4n) is 2.13. The number of thioether (sulfide) groups is 1. The van der Waals surface area contributed by atoms with Crippen LogP contribution in [-0.2, 0) is 14.0 Å². The van der Waals surface area contributed by atoms with Crippen LogP contribution in [0.1, 0.15) is 6.92 Å². The molecule has 0 radical (unpaired) electrons. The normalized spacial score (nSPS) is 35.8. The van der Waals surface area contributed by atoms with Crippen molar-refractivity contribution >= 4 is 32.0 Å². The summed E-state index contributed by atoms with van der Waals surface area (Å²) >= 11 is 1.58. The van der Waals surface area contributed by atoms with E-state index in [1.54, 1.807) is 16.7 Å². The summed E-state index contributed by atoms with van der Waals surface area (Å²) in [6.45, 7) is 8.25. The van der Waals surface area contributed by atoms with Crippen molar-refractivity contribution in [2.45, 2.75) is 38.0 Å². The van der Waals surface area contributed by atoms with Gasteiger partial charge in [-0.1, -0.05) is 0 Å². The molecule has 0 aromatic rings. The SMILES string of the molecule is CC1(C(=O)O[Si](C)(C)C)CS[C@@H]2C(N)C(=O)N2C1. The van der Waals surface area contributed by atoms with E-state index in [2.05, 4.69) is 0 Å². The third kappa shape index (κ3) is 2.31. The van der Waals surface area contributed by atoms with E-state index in [-0.39, 0.29) is 17.3 Å². The Morgan fingerprint density at radius 2 is 2.17 bits per heavy atom. The van der Waals surface area contributed by atoms with Gasteiger partial charge in [0.05, 0.1) is 5.41 Å². The molecule has 2 saturated heterocycles. The first-order valence-electron chi connectivity index (χ1n) is 6.05. The summed E-state index contributed by atoms with van der Waals surface area (Å²) in [5.41, 5.74) is 5.12. The molecule has 0 aromatic heterocycles. The topological polar surface area (TPSA) is 72.6 Å². The van der Waals surface area contributed by atoms with Gasteiger partial charge in [-0.15, -0.1) is 11.8 Å². The molecular weight excluding hydrogens is 268 g/mol. The van der Waals surface area contributed by atoms with Crippen LogP contribution in [0.2, 0.25) is 19.6 Å². The molecule has 2 heterocycles. The summed E-state index contributed by atoms with van der Waals surface area (Å²) in [5, 5.41) is 0.0465. The molecule has 0 saturated carbocycles. The maximum atomic E-state index is 12.2. The first-order valence-corrected chi connectivity index (χ1v) is 10.5. The number of nitrogens with zero attached hydrogens (tertiary/aromatic N) is 1. The molecule has 0 aliphatic carbocycles. The molecule has 3 atom stereocenters. The summed E-state index contributed by atoms with van der Waals surface area (Å²) in [7, 11) is -1.89. The van der Waals surface area contributed by atoms with Crippen LogP contribution in [0, 0.1) is 5.41 Å².